The van der Waals surface area contributed by atoms with Crippen LogP contribution in [-0.4, -0.2) is 4.57 Å². The number of nitrogens with zero attached hydrogens (tertiary/aromatic N) is 1. The molecule has 0 unspecified atom stereocenters. The van der Waals surface area contributed by atoms with Gasteiger partial charge < -0.3 is 4.57 Å². The molecule has 2 aromatic rings. The lowest BCUT2D eigenvalue weighted by Gasteiger charge is -2.11. The highest BCUT2D eigenvalue weighted by Gasteiger charge is 2.16. The Morgan fingerprint density at radius 3 is 3.00 bits per heavy atom. The number of fused-ring (bicyclic) bond motifs is 3. The van der Waals surface area contributed by atoms with Crippen molar-refractivity contribution in [2.75, 3.05) is 0 Å². The first-order valence-corrected chi connectivity index (χ1v) is 6.10. The minimum absolute atomic E-state index is 1.07. The van der Waals surface area contributed by atoms with Crippen LogP contribution in [0.25, 0.3) is 17.0 Å². The summed E-state index contributed by atoms with van der Waals surface area (Å²) in [6.07, 6.45) is 6.97. The van der Waals surface area contributed by atoms with Gasteiger partial charge in [0.2, 0.25) is 0 Å². The standard InChI is InChI=1S/C15H17N/c1-3-16-14-10-5-4-8-12(14)13-9-6-7-11(2)15(13)16/h4,6-9H,3,5,10H2,1-2H3. The van der Waals surface area contributed by atoms with Gasteiger partial charge in [0.15, 0.2) is 0 Å². The van der Waals surface area contributed by atoms with Crippen molar-refractivity contribution in [3.63, 3.8) is 0 Å². The Balaban J connectivity index is 2.47. The van der Waals surface area contributed by atoms with E-state index in [1.54, 1.807) is 0 Å². The maximum Gasteiger partial charge on any atom is 0.0518 e. The molecule has 3 rings (SSSR count). The SMILES string of the molecule is CCn1c2c(c3cccc(C)c31)C=CCC2. The minimum Gasteiger partial charge on any atom is -0.344 e. The van der Waals surface area contributed by atoms with Crippen LogP contribution in [0.3, 0.4) is 0 Å². The lowest BCUT2D eigenvalue weighted by Crippen LogP contribution is -2.03. The molecule has 0 saturated heterocycles. The molecule has 0 radical (unpaired) electrons. The summed E-state index contributed by atoms with van der Waals surface area (Å²) in [7, 11) is 0. The van der Waals surface area contributed by atoms with Gasteiger partial charge in [-0.15, -0.1) is 0 Å². The molecule has 0 spiro atoms. The second-order valence-electron chi connectivity index (χ2n) is 4.52. The van der Waals surface area contributed by atoms with Gasteiger partial charge in [0, 0.05) is 23.2 Å². The molecule has 1 aromatic carbocycles. The molecule has 1 heterocycles. The fraction of sp³-hybridized carbons (Fsp3) is 0.333. The van der Waals surface area contributed by atoms with Gasteiger partial charge in [-0.2, -0.15) is 0 Å². The number of aromatic nitrogens is 1. The number of hydrogen-bond acceptors (Lipinski definition) is 0. The van der Waals surface area contributed by atoms with Crippen LogP contribution in [0.4, 0.5) is 0 Å². The first-order valence-electron chi connectivity index (χ1n) is 6.10. The Labute approximate surface area is 96.4 Å². The van der Waals surface area contributed by atoms with Crippen LogP contribution in [0.15, 0.2) is 24.3 Å². The lowest BCUT2D eigenvalue weighted by molar-refractivity contribution is 0.727. The summed E-state index contributed by atoms with van der Waals surface area (Å²) in [5, 5.41) is 1.42. The van der Waals surface area contributed by atoms with Crippen LogP contribution in [0.2, 0.25) is 0 Å². The Kier molecular flexibility index (Phi) is 2.13. The lowest BCUT2D eigenvalue weighted by atomic mass is 10.0. The monoisotopic (exact) mass is 211 g/mol. The van der Waals surface area contributed by atoms with Crippen molar-refractivity contribution >= 4 is 17.0 Å². The summed E-state index contributed by atoms with van der Waals surface area (Å²) < 4.78 is 2.49. The van der Waals surface area contributed by atoms with Gasteiger partial charge in [0.05, 0.1) is 5.52 Å². The van der Waals surface area contributed by atoms with E-state index >= 15 is 0 Å². The van der Waals surface area contributed by atoms with Crippen LogP contribution in [0.1, 0.15) is 30.2 Å². The fourth-order valence-corrected chi connectivity index (χ4v) is 2.90. The maximum atomic E-state index is 2.49. The smallest absolute Gasteiger partial charge is 0.0518 e. The van der Waals surface area contributed by atoms with Crippen LogP contribution in [0, 0.1) is 6.92 Å². The van der Waals surface area contributed by atoms with E-state index in [0.29, 0.717) is 0 Å². The Morgan fingerprint density at radius 1 is 1.31 bits per heavy atom. The summed E-state index contributed by atoms with van der Waals surface area (Å²) in [5.41, 5.74) is 5.80. The molecule has 16 heavy (non-hydrogen) atoms. The summed E-state index contributed by atoms with van der Waals surface area (Å²) >= 11 is 0. The first-order chi connectivity index (χ1) is 7.83. The van der Waals surface area contributed by atoms with Gasteiger partial charge in [-0.05, 0) is 32.3 Å². The number of allylic oxidation sites excluding steroid dienone is 1. The molecule has 1 aromatic heterocycles. The van der Waals surface area contributed by atoms with Crippen LogP contribution < -0.4 is 0 Å². The Hall–Kier alpha value is -1.50. The van der Waals surface area contributed by atoms with Gasteiger partial charge in [0.25, 0.3) is 0 Å². The van der Waals surface area contributed by atoms with E-state index in [2.05, 4.69) is 48.8 Å². The quantitative estimate of drug-likeness (QED) is 0.673. The molecule has 0 amide bonds. The molecule has 0 atom stereocenters. The topological polar surface area (TPSA) is 4.93 Å². The molecular formula is C15H17N. The summed E-state index contributed by atoms with van der Waals surface area (Å²) in [6, 6.07) is 6.63. The van der Waals surface area contributed by atoms with Crippen molar-refractivity contribution < 1.29 is 0 Å². The van der Waals surface area contributed by atoms with E-state index in [-0.39, 0.29) is 0 Å². The van der Waals surface area contributed by atoms with E-state index < -0.39 is 0 Å². The number of aryl methyl sites for hydroxylation is 2. The molecule has 0 saturated carbocycles. The number of benzene rings is 1. The minimum atomic E-state index is 1.07. The summed E-state index contributed by atoms with van der Waals surface area (Å²) in [4.78, 5) is 0. The summed E-state index contributed by atoms with van der Waals surface area (Å²) in [6.45, 7) is 5.53. The average molecular weight is 211 g/mol. The zero-order valence-electron chi connectivity index (χ0n) is 9.96. The number of hydrogen-bond donors (Lipinski definition) is 0. The fourth-order valence-electron chi connectivity index (χ4n) is 2.90. The molecule has 82 valence electrons. The van der Waals surface area contributed by atoms with E-state index in [0.717, 1.165) is 6.54 Å². The molecule has 0 aliphatic heterocycles. The zero-order chi connectivity index (χ0) is 11.1. The van der Waals surface area contributed by atoms with E-state index in [4.69, 9.17) is 0 Å². The van der Waals surface area contributed by atoms with Crippen molar-refractivity contribution in [1.82, 2.24) is 4.57 Å². The second-order valence-corrected chi connectivity index (χ2v) is 4.52. The van der Waals surface area contributed by atoms with Crippen LogP contribution in [-0.2, 0) is 13.0 Å². The van der Waals surface area contributed by atoms with Crippen molar-refractivity contribution in [1.29, 1.82) is 0 Å². The predicted octanol–water partition coefficient (Wildman–Crippen LogP) is 3.93. The predicted molar refractivity (Wildman–Crippen MR) is 69.7 cm³/mol. The van der Waals surface area contributed by atoms with Gasteiger partial charge in [-0.25, -0.2) is 0 Å². The Morgan fingerprint density at radius 2 is 2.19 bits per heavy atom. The Bertz CT molecular complexity index is 573. The van der Waals surface area contributed by atoms with Gasteiger partial charge in [0.1, 0.15) is 0 Å². The summed E-state index contributed by atoms with van der Waals surface area (Å²) in [5.74, 6) is 0. The second kappa shape index (κ2) is 3.51. The van der Waals surface area contributed by atoms with Crippen molar-refractivity contribution in [3.05, 3.63) is 41.1 Å². The van der Waals surface area contributed by atoms with Gasteiger partial charge in [-0.3, -0.25) is 0 Å². The normalized spacial score (nSPS) is 14.4. The third kappa shape index (κ3) is 1.18. The largest absolute Gasteiger partial charge is 0.344 e. The van der Waals surface area contributed by atoms with E-state index in [1.165, 1.54) is 40.6 Å². The highest BCUT2D eigenvalue weighted by Crippen LogP contribution is 2.32. The number of para-hydroxylation sites is 1. The van der Waals surface area contributed by atoms with Gasteiger partial charge in [-0.1, -0.05) is 30.4 Å². The molecule has 1 aliphatic rings. The van der Waals surface area contributed by atoms with Crippen molar-refractivity contribution in [3.8, 4) is 0 Å². The number of rotatable bonds is 1. The van der Waals surface area contributed by atoms with Gasteiger partial charge >= 0.3 is 0 Å². The highest BCUT2D eigenvalue weighted by atomic mass is 15.0. The molecule has 1 aliphatic carbocycles. The van der Waals surface area contributed by atoms with Crippen molar-refractivity contribution in [2.24, 2.45) is 0 Å². The molecule has 1 nitrogen and oxygen atoms in total. The molecular weight excluding hydrogens is 194 g/mol. The van der Waals surface area contributed by atoms with Crippen LogP contribution in [0.5, 0.6) is 0 Å². The average Bonchev–Trinajstić information content (AvgIpc) is 2.65. The maximum absolute atomic E-state index is 2.49. The molecule has 0 fully saturated rings. The van der Waals surface area contributed by atoms with E-state index in [9.17, 15) is 0 Å². The third-order valence-corrected chi connectivity index (χ3v) is 3.58. The molecule has 0 bridgehead atoms. The highest BCUT2D eigenvalue weighted by molar-refractivity contribution is 5.93. The molecule has 0 N–H and O–H groups in total. The van der Waals surface area contributed by atoms with E-state index in [1.807, 2.05) is 0 Å². The van der Waals surface area contributed by atoms with Crippen molar-refractivity contribution in [2.45, 2.75) is 33.2 Å². The van der Waals surface area contributed by atoms with Crippen LogP contribution >= 0.6 is 0 Å². The zero-order valence-corrected chi connectivity index (χ0v) is 9.96. The first kappa shape index (κ1) is 9.71. The third-order valence-electron chi connectivity index (χ3n) is 3.58. The molecule has 1 heteroatoms.